The average molecular weight is 436 g/mol. The molecule has 0 radical (unpaired) electrons. The van der Waals surface area contributed by atoms with Gasteiger partial charge in [0.25, 0.3) is 11.8 Å². The van der Waals surface area contributed by atoms with Crippen LogP contribution in [-0.2, 0) is 0 Å². The highest BCUT2D eigenvalue weighted by atomic mass is 19.1. The molecule has 32 heavy (non-hydrogen) atoms. The second-order valence-electron chi connectivity index (χ2n) is 6.72. The van der Waals surface area contributed by atoms with E-state index in [4.69, 9.17) is 0 Å². The number of rotatable bonds is 5. The second-order valence-corrected chi connectivity index (χ2v) is 6.72. The van der Waals surface area contributed by atoms with E-state index in [2.05, 4.69) is 20.8 Å². The highest BCUT2D eigenvalue weighted by Crippen LogP contribution is 2.27. The first-order valence-corrected chi connectivity index (χ1v) is 9.39. The topological polar surface area (TPSA) is 86.9 Å². The van der Waals surface area contributed by atoms with Gasteiger partial charge in [0, 0.05) is 11.3 Å². The molecule has 0 spiro atoms. The molecular formula is C23H15F3N4O2. The van der Waals surface area contributed by atoms with Crippen LogP contribution in [0, 0.1) is 17.5 Å². The number of benzene rings is 3. The molecule has 160 valence electrons. The Morgan fingerprint density at radius 1 is 0.812 bits per heavy atom. The van der Waals surface area contributed by atoms with Gasteiger partial charge in [-0.15, -0.1) is 0 Å². The SMILES string of the molecule is O=C(Nc1ccc(F)cc1)c1[nH]ncc1NC(=O)c1c(F)ccc(-c2ccccc2)c1F. The summed E-state index contributed by atoms with van der Waals surface area (Å²) in [5.41, 5.74) is -0.199. The summed E-state index contributed by atoms with van der Waals surface area (Å²) in [6.07, 6.45) is 1.13. The molecule has 0 unspecified atom stereocenters. The van der Waals surface area contributed by atoms with Gasteiger partial charge in [0.05, 0.1) is 11.9 Å². The molecule has 6 nitrogen and oxygen atoms in total. The number of nitrogens with one attached hydrogen (secondary N) is 3. The predicted molar refractivity (Wildman–Crippen MR) is 113 cm³/mol. The smallest absolute Gasteiger partial charge is 0.275 e. The summed E-state index contributed by atoms with van der Waals surface area (Å²) in [6, 6.07) is 15.7. The minimum absolute atomic E-state index is 0.0543. The fraction of sp³-hybridized carbons (Fsp3) is 0. The number of nitrogens with zero attached hydrogens (tertiary/aromatic N) is 1. The minimum Gasteiger partial charge on any atom is -0.321 e. The number of carbonyl (C=O) groups is 2. The molecule has 1 heterocycles. The summed E-state index contributed by atoms with van der Waals surface area (Å²) in [4.78, 5) is 25.2. The Morgan fingerprint density at radius 3 is 2.25 bits per heavy atom. The average Bonchev–Trinajstić information content (AvgIpc) is 3.24. The lowest BCUT2D eigenvalue weighted by Crippen LogP contribution is -2.20. The standard InChI is InChI=1S/C23H15F3N4O2/c24-14-6-8-15(9-7-14)28-23(32)21-18(12-27-30-21)29-22(31)19-17(25)11-10-16(20(19)26)13-4-2-1-3-5-13/h1-12H,(H,27,30)(H,28,32)(H,29,31). The lowest BCUT2D eigenvalue weighted by atomic mass is 10.0. The van der Waals surface area contributed by atoms with Gasteiger partial charge in [-0.1, -0.05) is 30.3 Å². The van der Waals surface area contributed by atoms with Crippen LogP contribution in [0.3, 0.4) is 0 Å². The zero-order valence-electron chi connectivity index (χ0n) is 16.3. The quantitative estimate of drug-likeness (QED) is 0.412. The van der Waals surface area contributed by atoms with Crippen LogP contribution in [0.4, 0.5) is 24.5 Å². The van der Waals surface area contributed by atoms with E-state index in [0.717, 1.165) is 24.4 Å². The van der Waals surface area contributed by atoms with Crippen molar-refractivity contribution in [1.29, 1.82) is 0 Å². The number of H-pyrrole nitrogens is 1. The minimum atomic E-state index is -1.09. The van der Waals surface area contributed by atoms with Crippen molar-refractivity contribution < 1.29 is 22.8 Å². The number of halogens is 3. The molecule has 3 N–H and O–H groups in total. The molecule has 0 bridgehead atoms. The van der Waals surface area contributed by atoms with E-state index in [1.54, 1.807) is 30.3 Å². The van der Waals surface area contributed by atoms with E-state index in [9.17, 15) is 18.4 Å². The number of amides is 2. The number of aromatic nitrogens is 2. The molecule has 0 aliphatic rings. The van der Waals surface area contributed by atoms with Gasteiger partial charge in [0.15, 0.2) is 0 Å². The predicted octanol–water partition coefficient (Wildman–Crippen LogP) is 5.00. The van der Waals surface area contributed by atoms with Crippen molar-refractivity contribution in [2.24, 2.45) is 0 Å². The highest BCUT2D eigenvalue weighted by Gasteiger charge is 2.24. The molecule has 3 aromatic carbocycles. The fourth-order valence-corrected chi connectivity index (χ4v) is 3.07. The molecule has 1 aromatic heterocycles. The van der Waals surface area contributed by atoms with Crippen molar-refractivity contribution in [2.45, 2.75) is 0 Å². The molecule has 0 aliphatic carbocycles. The Balaban J connectivity index is 1.59. The number of hydrogen-bond donors (Lipinski definition) is 3. The summed E-state index contributed by atoms with van der Waals surface area (Å²) >= 11 is 0. The number of hydrogen-bond acceptors (Lipinski definition) is 3. The van der Waals surface area contributed by atoms with Gasteiger partial charge < -0.3 is 10.6 Å². The molecule has 4 rings (SSSR count). The fourth-order valence-electron chi connectivity index (χ4n) is 3.07. The van der Waals surface area contributed by atoms with Gasteiger partial charge in [-0.3, -0.25) is 14.7 Å². The molecule has 0 saturated heterocycles. The van der Waals surface area contributed by atoms with Gasteiger partial charge >= 0.3 is 0 Å². The van der Waals surface area contributed by atoms with Crippen LogP contribution >= 0.6 is 0 Å². The molecule has 0 fully saturated rings. The molecule has 2 amide bonds. The first kappa shape index (κ1) is 20.9. The van der Waals surface area contributed by atoms with E-state index in [1.165, 1.54) is 18.2 Å². The van der Waals surface area contributed by atoms with Crippen molar-refractivity contribution >= 4 is 23.2 Å². The summed E-state index contributed by atoms with van der Waals surface area (Å²) in [5, 5.41) is 10.9. The van der Waals surface area contributed by atoms with Crippen LogP contribution in [0.15, 0.2) is 72.9 Å². The van der Waals surface area contributed by atoms with Crippen molar-refractivity contribution in [3.63, 3.8) is 0 Å². The Kier molecular flexibility index (Phi) is 5.71. The summed E-state index contributed by atoms with van der Waals surface area (Å²) in [7, 11) is 0. The summed E-state index contributed by atoms with van der Waals surface area (Å²) < 4.78 is 42.4. The molecule has 0 atom stereocenters. The first-order chi connectivity index (χ1) is 15.4. The highest BCUT2D eigenvalue weighted by molar-refractivity contribution is 6.11. The van der Waals surface area contributed by atoms with E-state index < -0.39 is 34.8 Å². The second kappa shape index (κ2) is 8.76. The van der Waals surface area contributed by atoms with Crippen LogP contribution in [0.1, 0.15) is 20.8 Å². The van der Waals surface area contributed by atoms with Gasteiger partial charge in [0.1, 0.15) is 28.7 Å². The van der Waals surface area contributed by atoms with Crippen LogP contribution in [0.25, 0.3) is 11.1 Å². The van der Waals surface area contributed by atoms with Crippen LogP contribution in [-0.4, -0.2) is 22.0 Å². The van der Waals surface area contributed by atoms with E-state index in [0.29, 0.717) is 11.3 Å². The normalized spacial score (nSPS) is 10.6. The Hall–Kier alpha value is -4.40. The molecule has 0 aliphatic heterocycles. The third-order valence-electron chi connectivity index (χ3n) is 4.62. The van der Waals surface area contributed by atoms with E-state index in [-0.39, 0.29) is 16.9 Å². The Bertz CT molecular complexity index is 1290. The number of anilines is 2. The summed E-state index contributed by atoms with van der Waals surface area (Å²) in [5.74, 6) is -4.34. The third-order valence-corrected chi connectivity index (χ3v) is 4.62. The number of aromatic amines is 1. The Labute approximate surface area is 180 Å². The monoisotopic (exact) mass is 436 g/mol. The van der Waals surface area contributed by atoms with Gasteiger partial charge in [0.2, 0.25) is 0 Å². The lowest BCUT2D eigenvalue weighted by Gasteiger charge is -2.11. The van der Waals surface area contributed by atoms with E-state index in [1.807, 2.05) is 0 Å². The first-order valence-electron chi connectivity index (χ1n) is 9.39. The van der Waals surface area contributed by atoms with Crippen LogP contribution in [0.2, 0.25) is 0 Å². The van der Waals surface area contributed by atoms with Crippen LogP contribution < -0.4 is 10.6 Å². The molecule has 9 heteroatoms. The summed E-state index contributed by atoms with van der Waals surface area (Å²) in [6.45, 7) is 0. The largest absolute Gasteiger partial charge is 0.321 e. The van der Waals surface area contributed by atoms with Crippen molar-refractivity contribution in [1.82, 2.24) is 10.2 Å². The molecule has 4 aromatic rings. The van der Waals surface area contributed by atoms with E-state index >= 15 is 4.39 Å². The maximum atomic E-state index is 15.0. The maximum absolute atomic E-state index is 15.0. The van der Waals surface area contributed by atoms with Gasteiger partial charge in [-0.05, 0) is 42.0 Å². The van der Waals surface area contributed by atoms with Crippen molar-refractivity contribution in [3.8, 4) is 11.1 Å². The van der Waals surface area contributed by atoms with Gasteiger partial charge in [-0.25, -0.2) is 13.2 Å². The Morgan fingerprint density at radius 2 is 1.53 bits per heavy atom. The lowest BCUT2D eigenvalue weighted by molar-refractivity contribution is 0.101. The number of carbonyl (C=O) groups excluding carboxylic acids is 2. The zero-order chi connectivity index (χ0) is 22.7. The van der Waals surface area contributed by atoms with Crippen molar-refractivity contribution in [2.75, 3.05) is 10.6 Å². The molecule has 0 saturated carbocycles. The molecular weight excluding hydrogens is 421 g/mol. The maximum Gasteiger partial charge on any atom is 0.275 e. The zero-order valence-corrected chi connectivity index (χ0v) is 16.3. The third kappa shape index (κ3) is 4.22. The van der Waals surface area contributed by atoms with Crippen molar-refractivity contribution in [3.05, 3.63) is 102 Å². The van der Waals surface area contributed by atoms with Crippen LogP contribution in [0.5, 0.6) is 0 Å². The van der Waals surface area contributed by atoms with Gasteiger partial charge in [-0.2, -0.15) is 5.10 Å².